The molecule has 58 valence electrons. The van der Waals surface area contributed by atoms with E-state index in [-0.39, 0.29) is 0 Å². The van der Waals surface area contributed by atoms with E-state index in [1.54, 1.807) is 12.3 Å². The lowest BCUT2D eigenvalue weighted by atomic mass is 9.97. The van der Waals surface area contributed by atoms with Crippen molar-refractivity contribution < 1.29 is 0 Å². The molecule has 0 fully saturated rings. The Hall–Kier alpha value is -1.13. The molecule has 0 saturated carbocycles. The van der Waals surface area contributed by atoms with Crippen LogP contribution in [-0.2, 0) is 6.42 Å². The standard InChI is InChI=1S/C7H10N4/c8-7(9)2-1-5-4-10-11-6(5)3-7/h1-2,4H,3,8-9H2,(H,10,11). The van der Waals surface area contributed by atoms with Gasteiger partial charge in [0.15, 0.2) is 0 Å². The second-order valence-corrected chi connectivity index (χ2v) is 2.93. The van der Waals surface area contributed by atoms with E-state index in [9.17, 15) is 0 Å². The van der Waals surface area contributed by atoms with Crippen molar-refractivity contribution in [1.29, 1.82) is 0 Å². The summed E-state index contributed by atoms with van der Waals surface area (Å²) in [6, 6.07) is 0. The van der Waals surface area contributed by atoms with Crippen LogP contribution in [0.15, 0.2) is 12.3 Å². The van der Waals surface area contributed by atoms with Crippen molar-refractivity contribution >= 4 is 6.08 Å². The van der Waals surface area contributed by atoms with E-state index in [2.05, 4.69) is 10.2 Å². The number of aromatic nitrogens is 2. The van der Waals surface area contributed by atoms with Gasteiger partial charge in [-0.1, -0.05) is 6.08 Å². The summed E-state index contributed by atoms with van der Waals surface area (Å²) in [5.74, 6) is 0. The Morgan fingerprint density at radius 1 is 1.55 bits per heavy atom. The molecule has 1 aliphatic carbocycles. The molecular weight excluding hydrogens is 140 g/mol. The van der Waals surface area contributed by atoms with Crippen LogP contribution in [0.3, 0.4) is 0 Å². The number of hydrogen-bond acceptors (Lipinski definition) is 3. The highest BCUT2D eigenvalue weighted by atomic mass is 15.1. The Morgan fingerprint density at radius 2 is 2.36 bits per heavy atom. The normalized spacial score (nSPS) is 19.8. The Kier molecular flexibility index (Phi) is 1.15. The van der Waals surface area contributed by atoms with Crippen LogP contribution in [0.2, 0.25) is 0 Å². The van der Waals surface area contributed by atoms with E-state index in [0.717, 1.165) is 11.3 Å². The van der Waals surface area contributed by atoms with Crippen molar-refractivity contribution in [2.75, 3.05) is 0 Å². The van der Waals surface area contributed by atoms with Gasteiger partial charge in [-0.3, -0.25) is 5.10 Å². The molecule has 0 radical (unpaired) electrons. The number of rotatable bonds is 0. The number of fused-ring (bicyclic) bond motifs is 1. The number of hydrogen-bond donors (Lipinski definition) is 3. The largest absolute Gasteiger partial charge is 0.310 e. The summed E-state index contributed by atoms with van der Waals surface area (Å²) in [7, 11) is 0. The molecular formula is C7H10N4. The molecule has 0 saturated heterocycles. The monoisotopic (exact) mass is 150 g/mol. The van der Waals surface area contributed by atoms with Crippen molar-refractivity contribution in [3.63, 3.8) is 0 Å². The molecule has 2 rings (SSSR count). The summed E-state index contributed by atoms with van der Waals surface area (Å²) in [5.41, 5.74) is 12.8. The number of nitrogens with two attached hydrogens (primary N) is 2. The smallest absolute Gasteiger partial charge is 0.0888 e. The summed E-state index contributed by atoms with van der Waals surface area (Å²) in [6.07, 6.45) is 6.08. The Labute approximate surface area is 64.3 Å². The van der Waals surface area contributed by atoms with Gasteiger partial charge in [-0.2, -0.15) is 5.10 Å². The Bertz CT molecular complexity index is 297. The maximum atomic E-state index is 5.70. The molecule has 4 heteroatoms. The highest BCUT2D eigenvalue weighted by Gasteiger charge is 2.22. The molecule has 1 aromatic rings. The molecule has 0 bridgehead atoms. The van der Waals surface area contributed by atoms with Gasteiger partial charge in [-0.15, -0.1) is 0 Å². The Balaban J connectivity index is 2.44. The summed E-state index contributed by atoms with van der Waals surface area (Å²) in [5, 5.41) is 6.73. The molecule has 0 aliphatic heterocycles. The van der Waals surface area contributed by atoms with Gasteiger partial charge in [0.1, 0.15) is 0 Å². The van der Waals surface area contributed by atoms with Crippen LogP contribution in [0.4, 0.5) is 0 Å². The topological polar surface area (TPSA) is 80.7 Å². The minimum absolute atomic E-state index is 0.624. The summed E-state index contributed by atoms with van der Waals surface area (Å²) >= 11 is 0. The van der Waals surface area contributed by atoms with Crippen LogP contribution in [0.25, 0.3) is 6.08 Å². The third-order valence-corrected chi connectivity index (χ3v) is 1.81. The molecule has 0 spiro atoms. The van der Waals surface area contributed by atoms with E-state index in [1.807, 2.05) is 6.08 Å². The third kappa shape index (κ3) is 1.06. The predicted molar refractivity (Wildman–Crippen MR) is 42.4 cm³/mol. The van der Waals surface area contributed by atoms with Crippen molar-refractivity contribution in [1.82, 2.24) is 10.2 Å². The molecule has 4 nitrogen and oxygen atoms in total. The van der Waals surface area contributed by atoms with E-state index >= 15 is 0 Å². The molecule has 1 aliphatic rings. The summed E-state index contributed by atoms with van der Waals surface area (Å²) < 4.78 is 0. The minimum Gasteiger partial charge on any atom is -0.310 e. The van der Waals surface area contributed by atoms with Crippen molar-refractivity contribution in [2.45, 2.75) is 12.1 Å². The fourth-order valence-corrected chi connectivity index (χ4v) is 1.22. The lowest BCUT2D eigenvalue weighted by Gasteiger charge is -2.22. The van der Waals surface area contributed by atoms with Gasteiger partial charge < -0.3 is 11.5 Å². The van der Waals surface area contributed by atoms with Gasteiger partial charge >= 0.3 is 0 Å². The molecule has 0 amide bonds. The minimum atomic E-state index is -0.709. The van der Waals surface area contributed by atoms with Crippen LogP contribution in [-0.4, -0.2) is 15.9 Å². The van der Waals surface area contributed by atoms with Gasteiger partial charge in [0.25, 0.3) is 0 Å². The average Bonchev–Trinajstić information content (AvgIpc) is 2.31. The molecule has 5 N–H and O–H groups in total. The van der Waals surface area contributed by atoms with Crippen LogP contribution < -0.4 is 11.5 Å². The maximum Gasteiger partial charge on any atom is 0.0888 e. The second-order valence-electron chi connectivity index (χ2n) is 2.93. The second kappa shape index (κ2) is 1.93. The fraction of sp³-hybridized carbons (Fsp3) is 0.286. The molecule has 0 atom stereocenters. The van der Waals surface area contributed by atoms with Gasteiger partial charge in [-0.25, -0.2) is 0 Å². The van der Waals surface area contributed by atoms with Gasteiger partial charge in [0, 0.05) is 17.7 Å². The van der Waals surface area contributed by atoms with E-state index in [1.165, 1.54) is 0 Å². The predicted octanol–water partition coefficient (Wildman–Crippen LogP) is -0.407. The lowest BCUT2D eigenvalue weighted by Crippen LogP contribution is -2.50. The first-order valence-electron chi connectivity index (χ1n) is 3.47. The highest BCUT2D eigenvalue weighted by Crippen LogP contribution is 2.18. The molecule has 0 aromatic carbocycles. The molecule has 11 heavy (non-hydrogen) atoms. The SMILES string of the molecule is NC1(N)C=Cc2cn[nH]c2C1. The lowest BCUT2D eigenvalue weighted by molar-refractivity contribution is 0.539. The first kappa shape index (κ1) is 6.57. The maximum absolute atomic E-state index is 5.70. The zero-order valence-corrected chi connectivity index (χ0v) is 6.04. The first-order chi connectivity index (χ1) is 5.17. The summed E-state index contributed by atoms with van der Waals surface area (Å²) in [4.78, 5) is 0. The van der Waals surface area contributed by atoms with E-state index in [0.29, 0.717) is 6.42 Å². The molecule has 1 heterocycles. The summed E-state index contributed by atoms with van der Waals surface area (Å²) in [6.45, 7) is 0. The molecule has 1 aromatic heterocycles. The van der Waals surface area contributed by atoms with Crippen LogP contribution in [0.1, 0.15) is 11.3 Å². The average molecular weight is 150 g/mol. The highest BCUT2D eigenvalue weighted by molar-refractivity contribution is 5.55. The van der Waals surface area contributed by atoms with Gasteiger partial charge in [0.05, 0.1) is 11.9 Å². The third-order valence-electron chi connectivity index (χ3n) is 1.81. The van der Waals surface area contributed by atoms with E-state index < -0.39 is 5.66 Å². The van der Waals surface area contributed by atoms with Crippen molar-refractivity contribution in [3.05, 3.63) is 23.5 Å². The van der Waals surface area contributed by atoms with Crippen molar-refractivity contribution in [2.24, 2.45) is 11.5 Å². The van der Waals surface area contributed by atoms with Crippen LogP contribution in [0.5, 0.6) is 0 Å². The van der Waals surface area contributed by atoms with Gasteiger partial charge in [-0.05, 0) is 6.08 Å². The van der Waals surface area contributed by atoms with Crippen LogP contribution in [0, 0.1) is 0 Å². The number of aromatic amines is 1. The van der Waals surface area contributed by atoms with Crippen molar-refractivity contribution in [3.8, 4) is 0 Å². The van der Waals surface area contributed by atoms with Gasteiger partial charge in [0.2, 0.25) is 0 Å². The zero-order valence-electron chi connectivity index (χ0n) is 6.04. The fourth-order valence-electron chi connectivity index (χ4n) is 1.22. The Morgan fingerprint density at radius 3 is 3.18 bits per heavy atom. The quantitative estimate of drug-likeness (QED) is 0.440. The zero-order chi connectivity index (χ0) is 7.90. The number of H-pyrrole nitrogens is 1. The molecule has 0 unspecified atom stereocenters. The first-order valence-corrected chi connectivity index (χ1v) is 3.47. The number of nitrogens with zero attached hydrogens (tertiary/aromatic N) is 1. The van der Waals surface area contributed by atoms with Crippen LogP contribution >= 0.6 is 0 Å². The number of nitrogens with one attached hydrogen (secondary N) is 1. The van der Waals surface area contributed by atoms with E-state index in [4.69, 9.17) is 11.5 Å².